The summed E-state index contributed by atoms with van der Waals surface area (Å²) >= 11 is 0. The second kappa shape index (κ2) is 8.86. The molecule has 4 aliphatic carbocycles. The number of hydrazine groups is 1. The van der Waals surface area contributed by atoms with Gasteiger partial charge < -0.3 is 0 Å². The Morgan fingerprint density at radius 3 is 2.39 bits per heavy atom. The zero-order valence-corrected chi connectivity index (χ0v) is 20.9. The minimum absolute atomic E-state index is 0.0754. The van der Waals surface area contributed by atoms with E-state index in [2.05, 4.69) is 40.0 Å². The summed E-state index contributed by atoms with van der Waals surface area (Å²) in [5.41, 5.74) is 3.58. The molecule has 4 saturated carbocycles. The monoisotopic (exact) mass is 432 g/mol. The number of fused-ring (bicyclic) bond motifs is 5. The van der Waals surface area contributed by atoms with Crippen LogP contribution in [0.3, 0.4) is 0 Å². The lowest BCUT2D eigenvalue weighted by Crippen LogP contribution is -2.60. The molecule has 0 amide bonds. The molecule has 31 heavy (non-hydrogen) atoms. The third-order valence-corrected chi connectivity index (χ3v) is 11.1. The number of nitrogens with one attached hydrogen (secondary N) is 1. The highest BCUT2D eigenvalue weighted by Crippen LogP contribution is 2.68. The van der Waals surface area contributed by atoms with Gasteiger partial charge in [-0.3, -0.25) is 0 Å². The Kier molecular flexibility index (Phi) is 6.68. The van der Waals surface area contributed by atoms with Gasteiger partial charge >= 0.3 is 0 Å². The molecule has 4 heteroatoms. The average Bonchev–Trinajstić information content (AvgIpc) is 3.04. The second-order valence-electron chi connectivity index (χ2n) is 13.0. The van der Waals surface area contributed by atoms with Gasteiger partial charge in [-0.05, 0) is 97.2 Å². The fourth-order valence-electron chi connectivity index (χ4n) is 9.70. The van der Waals surface area contributed by atoms with Crippen molar-refractivity contribution in [2.24, 2.45) is 52.3 Å². The molecule has 0 saturated heterocycles. The topological polar surface area (TPSA) is 55.2 Å². The Morgan fingerprint density at radius 2 is 1.68 bits per heavy atom. The second-order valence-corrected chi connectivity index (χ2v) is 13.0. The molecular weight excluding hydrogens is 384 g/mol. The van der Waals surface area contributed by atoms with Gasteiger partial charge in [-0.1, -0.05) is 66.7 Å². The molecule has 0 aromatic carbocycles. The quantitative estimate of drug-likeness (QED) is 0.340. The van der Waals surface area contributed by atoms with E-state index in [0.29, 0.717) is 22.7 Å². The van der Waals surface area contributed by atoms with E-state index in [1.165, 1.54) is 70.6 Å². The summed E-state index contributed by atoms with van der Waals surface area (Å²) in [5, 5.41) is 11.2. The molecule has 0 aromatic heterocycles. The Bertz CT molecular complexity index is 651. The number of nitro groups is 1. The SMILES string of the molecule is CC(C)CCCC(C)[C@H]1CC[C@H]2[C@@H]3C[C@@H](N[N+](=O)[O-])[C@H]4CCCC[C@]4(C)[C@H]3CC[C@]12C. The maximum Gasteiger partial charge on any atom is 0.157 e. The molecule has 178 valence electrons. The van der Waals surface area contributed by atoms with Crippen LogP contribution in [0.2, 0.25) is 0 Å². The van der Waals surface area contributed by atoms with E-state index < -0.39 is 0 Å². The number of hydrogen-bond acceptors (Lipinski definition) is 2. The first kappa shape index (κ1) is 23.4. The van der Waals surface area contributed by atoms with Crippen LogP contribution in [0, 0.1) is 62.4 Å². The Labute approximate surface area is 190 Å². The van der Waals surface area contributed by atoms with Crippen molar-refractivity contribution in [3.8, 4) is 0 Å². The van der Waals surface area contributed by atoms with E-state index in [4.69, 9.17) is 0 Å². The van der Waals surface area contributed by atoms with Crippen LogP contribution in [-0.4, -0.2) is 11.1 Å². The fraction of sp³-hybridized carbons (Fsp3) is 1.00. The predicted molar refractivity (Wildman–Crippen MR) is 127 cm³/mol. The molecule has 4 nitrogen and oxygen atoms in total. The molecule has 0 aromatic rings. The summed E-state index contributed by atoms with van der Waals surface area (Å²) in [7, 11) is 0. The van der Waals surface area contributed by atoms with Crippen LogP contribution >= 0.6 is 0 Å². The summed E-state index contributed by atoms with van der Waals surface area (Å²) in [4.78, 5) is 11.5. The minimum Gasteiger partial charge on any atom is -0.235 e. The lowest BCUT2D eigenvalue weighted by Gasteiger charge is -2.62. The summed E-state index contributed by atoms with van der Waals surface area (Å²) in [5.74, 6) is 5.22. The fourth-order valence-corrected chi connectivity index (χ4v) is 9.70. The first-order chi connectivity index (χ1) is 14.7. The Hall–Kier alpha value is -0.800. The average molecular weight is 433 g/mol. The minimum atomic E-state index is -0.240. The largest absolute Gasteiger partial charge is 0.235 e. The van der Waals surface area contributed by atoms with Crippen molar-refractivity contribution in [2.75, 3.05) is 0 Å². The van der Waals surface area contributed by atoms with E-state index in [1.54, 1.807) is 0 Å². The number of nitrogens with zero attached hydrogens (tertiary/aromatic N) is 1. The van der Waals surface area contributed by atoms with Crippen LogP contribution in [0.4, 0.5) is 0 Å². The molecule has 4 rings (SSSR count). The van der Waals surface area contributed by atoms with Gasteiger partial charge in [0.1, 0.15) is 0 Å². The van der Waals surface area contributed by atoms with E-state index in [9.17, 15) is 10.1 Å². The molecule has 0 heterocycles. The molecule has 0 radical (unpaired) electrons. The molecule has 1 unspecified atom stereocenters. The molecule has 0 bridgehead atoms. The summed E-state index contributed by atoms with van der Waals surface area (Å²) in [6.07, 6.45) is 15.7. The van der Waals surface area contributed by atoms with Gasteiger partial charge in [0.25, 0.3) is 0 Å². The molecule has 4 fully saturated rings. The normalized spacial score (nSPS) is 45.5. The zero-order chi connectivity index (χ0) is 22.4. The molecule has 4 aliphatic rings. The van der Waals surface area contributed by atoms with Crippen molar-refractivity contribution in [2.45, 2.75) is 118 Å². The molecule has 0 spiro atoms. The van der Waals surface area contributed by atoms with Crippen molar-refractivity contribution in [3.05, 3.63) is 10.1 Å². The molecule has 1 N–H and O–H groups in total. The van der Waals surface area contributed by atoms with Crippen molar-refractivity contribution < 1.29 is 5.03 Å². The molecule has 0 aliphatic heterocycles. The van der Waals surface area contributed by atoms with Crippen molar-refractivity contribution in [1.82, 2.24) is 5.43 Å². The van der Waals surface area contributed by atoms with E-state index in [0.717, 1.165) is 36.0 Å². The third-order valence-electron chi connectivity index (χ3n) is 11.1. The highest BCUT2D eigenvalue weighted by atomic mass is 16.7. The van der Waals surface area contributed by atoms with E-state index in [1.807, 2.05) is 0 Å². The standard InChI is InChI=1S/C27H48N2O2/c1-18(2)9-8-10-19(3)21-12-13-22-20-17-25(28-29(30)31)24-11-6-7-15-26(24,4)23(20)14-16-27(21,22)5/h18-25,28H,6-17H2,1-5H3/t19?,20-,21+,22-,23-,24+,25+,26+,27+/m0/s1. The van der Waals surface area contributed by atoms with Gasteiger partial charge in [-0.25, -0.2) is 10.1 Å². The van der Waals surface area contributed by atoms with Crippen LogP contribution in [-0.2, 0) is 0 Å². The summed E-state index contributed by atoms with van der Waals surface area (Å²) in [6.45, 7) is 12.4. The van der Waals surface area contributed by atoms with Crippen molar-refractivity contribution >= 4 is 0 Å². The first-order valence-corrected chi connectivity index (χ1v) is 13.6. The van der Waals surface area contributed by atoms with Crippen LogP contribution in [0.5, 0.6) is 0 Å². The predicted octanol–water partition coefficient (Wildman–Crippen LogP) is 7.26. The summed E-state index contributed by atoms with van der Waals surface area (Å²) in [6, 6.07) is 0.0754. The third kappa shape index (κ3) is 4.14. The first-order valence-electron chi connectivity index (χ1n) is 13.6. The van der Waals surface area contributed by atoms with E-state index in [-0.39, 0.29) is 11.1 Å². The lowest BCUT2D eigenvalue weighted by atomic mass is 9.43. The number of hydrogen-bond donors (Lipinski definition) is 1. The highest BCUT2D eigenvalue weighted by molar-refractivity contribution is 5.11. The van der Waals surface area contributed by atoms with E-state index >= 15 is 0 Å². The van der Waals surface area contributed by atoms with Gasteiger partial charge in [0, 0.05) is 0 Å². The van der Waals surface area contributed by atoms with Gasteiger partial charge in [0.2, 0.25) is 0 Å². The van der Waals surface area contributed by atoms with Gasteiger partial charge in [0.05, 0.1) is 6.04 Å². The van der Waals surface area contributed by atoms with Crippen molar-refractivity contribution in [3.63, 3.8) is 0 Å². The molecular formula is C27H48N2O2. The van der Waals surface area contributed by atoms with Crippen LogP contribution < -0.4 is 5.43 Å². The maximum absolute atomic E-state index is 11.5. The highest BCUT2D eigenvalue weighted by Gasteiger charge is 2.62. The van der Waals surface area contributed by atoms with Gasteiger partial charge in [-0.15, -0.1) is 5.43 Å². The maximum atomic E-state index is 11.5. The van der Waals surface area contributed by atoms with Crippen LogP contribution in [0.15, 0.2) is 0 Å². The van der Waals surface area contributed by atoms with Crippen LogP contribution in [0.1, 0.15) is 112 Å². The summed E-state index contributed by atoms with van der Waals surface area (Å²) < 4.78 is 0. The number of rotatable bonds is 7. The zero-order valence-electron chi connectivity index (χ0n) is 20.9. The Balaban J connectivity index is 1.54. The Morgan fingerprint density at radius 1 is 0.935 bits per heavy atom. The van der Waals surface area contributed by atoms with Crippen molar-refractivity contribution in [1.29, 1.82) is 0 Å². The smallest absolute Gasteiger partial charge is 0.157 e. The lowest BCUT2D eigenvalue weighted by molar-refractivity contribution is -0.555. The van der Waals surface area contributed by atoms with Gasteiger partial charge in [0.15, 0.2) is 5.03 Å². The molecule has 9 atom stereocenters. The van der Waals surface area contributed by atoms with Crippen LogP contribution in [0.25, 0.3) is 0 Å². The van der Waals surface area contributed by atoms with Gasteiger partial charge in [-0.2, -0.15) is 0 Å².